The Kier molecular flexibility index (Phi) is 3.67. The molecule has 1 aromatic carbocycles. The molecule has 0 unspecified atom stereocenters. The molecule has 0 radical (unpaired) electrons. The van der Waals surface area contributed by atoms with Gasteiger partial charge in [0.1, 0.15) is 5.69 Å². The van der Waals surface area contributed by atoms with Crippen LogP contribution in [0.4, 0.5) is 0 Å². The molecule has 0 aliphatic heterocycles. The van der Waals surface area contributed by atoms with E-state index in [9.17, 15) is 4.79 Å². The zero-order valence-corrected chi connectivity index (χ0v) is 10.5. The van der Waals surface area contributed by atoms with Crippen molar-refractivity contribution in [2.45, 2.75) is 13.5 Å². The summed E-state index contributed by atoms with van der Waals surface area (Å²) in [6.45, 7) is 2.41. The molecule has 0 atom stereocenters. The van der Waals surface area contributed by atoms with E-state index in [0.29, 0.717) is 12.2 Å². The summed E-state index contributed by atoms with van der Waals surface area (Å²) in [7, 11) is 1.76. The largest absolute Gasteiger partial charge is 0.336 e. The maximum absolute atomic E-state index is 12.1. The summed E-state index contributed by atoms with van der Waals surface area (Å²) in [4.78, 5) is 21.9. The van der Waals surface area contributed by atoms with Crippen molar-refractivity contribution in [2.24, 2.45) is 0 Å². The Bertz CT molecular complexity index is 522. The van der Waals surface area contributed by atoms with E-state index >= 15 is 0 Å². The highest BCUT2D eigenvalue weighted by molar-refractivity contribution is 5.91. The Hall–Kier alpha value is -2.23. The average molecular weight is 241 g/mol. The van der Waals surface area contributed by atoms with Crippen LogP contribution in [0.5, 0.6) is 0 Å². The number of hydrogen-bond donors (Lipinski definition) is 0. The number of amides is 1. The van der Waals surface area contributed by atoms with Crippen LogP contribution in [0, 0.1) is 6.92 Å². The summed E-state index contributed by atoms with van der Waals surface area (Å²) in [5.41, 5.74) is 2.27. The molecule has 92 valence electrons. The van der Waals surface area contributed by atoms with Gasteiger partial charge in [0.25, 0.3) is 5.91 Å². The SMILES string of the molecule is Cc1cnc(C(=O)N(C)Cc2ccccc2)cn1. The van der Waals surface area contributed by atoms with Crippen LogP contribution in [-0.4, -0.2) is 27.8 Å². The minimum absolute atomic E-state index is 0.119. The number of aryl methyl sites for hydroxylation is 1. The first-order valence-corrected chi connectivity index (χ1v) is 5.75. The molecule has 0 saturated carbocycles. The van der Waals surface area contributed by atoms with E-state index in [1.54, 1.807) is 18.1 Å². The number of hydrogen-bond acceptors (Lipinski definition) is 3. The van der Waals surface area contributed by atoms with Crippen molar-refractivity contribution in [1.29, 1.82) is 0 Å². The first kappa shape index (κ1) is 12.2. The summed E-state index contributed by atoms with van der Waals surface area (Å²) in [6.07, 6.45) is 3.11. The molecule has 18 heavy (non-hydrogen) atoms. The molecule has 1 aromatic heterocycles. The minimum atomic E-state index is -0.119. The summed E-state index contributed by atoms with van der Waals surface area (Å²) in [6, 6.07) is 9.85. The fourth-order valence-electron chi connectivity index (χ4n) is 1.63. The summed E-state index contributed by atoms with van der Waals surface area (Å²) in [5.74, 6) is -0.119. The number of rotatable bonds is 3. The van der Waals surface area contributed by atoms with Gasteiger partial charge in [-0.25, -0.2) is 4.98 Å². The quantitative estimate of drug-likeness (QED) is 0.826. The van der Waals surface area contributed by atoms with Gasteiger partial charge in [-0.1, -0.05) is 30.3 Å². The van der Waals surface area contributed by atoms with Gasteiger partial charge in [-0.05, 0) is 12.5 Å². The lowest BCUT2D eigenvalue weighted by atomic mass is 10.2. The van der Waals surface area contributed by atoms with Gasteiger partial charge in [-0.15, -0.1) is 0 Å². The lowest BCUT2D eigenvalue weighted by Gasteiger charge is -2.16. The highest BCUT2D eigenvalue weighted by Gasteiger charge is 2.13. The van der Waals surface area contributed by atoms with Crippen LogP contribution < -0.4 is 0 Å². The summed E-state index contributed by atoms with van der Waals surface area (Å²) in [5, 5.41) is 0. The second-order valence-corrected chi connectivity index (χ2v) is 4.19. The van der Waals surface area contributed by atoms with E-state index in [2.05, 4.69) is 9.97 Å². The van der Waals surface area contributed by atoms with Crippen LogP contribution in [0.15, 0.2) is 42.7 Å². The van der Waals surface area contributed by atoms with Gasteiger partial charge < -0.3 is 4.90 Å². The molecule has 0 fully saturated rings. The Labute approximate surface area is 106 Å². The van der Waals surface area contributed by atoms with E-state index in [4.69, 9.17) is 0 Å². The Morgan fingerprint density at radius 3 is 2.50 bits per heavy atom. The van der Waals surface area contributed by atoms with Gasteiger partial charge in [0.15, 0.2) is 0 Å². The van der Waals surface area contributed by atoms with Crippen LogP contribution in [0.25, 0.3) is 0 Å². The summed E-state index contributed by atoms with van der Waals surface area (Å²) < 4.78 is 0. The zero-order chi connectivity index (χ0) is 13.0. The molecule has 0 bridgehead atoms. The maximum atomic E-state index is 12.1. The van der Waals surface area contributed by atoms with E-state index in [1.165, 1.54) is 6.20 Å². The van der Waals surface area contributed by atoms with Gasteiger partial charge in [-0.3, -0.25) is 9.78 Å². The molecule has 0 N–H and O–H groups in total. The first-order valence-electron chi connectivity index (χ1n) is 5.75. The van der Waals surface area contributed by atoms with Crippen molar-refractivity contribution < 1.29 is 4.79 Å². The molecule has 2 aromatic rings. The third-order valence-electron chi connectivity index (χ3n) is 2.61. The van der Waals surface area contributed by atoms with Crippen molar-refractivity contribution in [2.75, 3.05) is 7.05 Å². The molecule has 0 saturated heterocycles. The second-order valence-electron chi connectivity index (χ2n) is 4.19. The first-order chi connectivity index (χ1) is 8.66. The number of carbonyl (C=O) groups excluding carboxylic acids is 1. The maximum Gasteiger partial charge on any atom is 0.274 e. The predicted molar refractivity (Wildman–Crippen MR) is 69.0 cm³/mol. The van der Waals surface area contributed by atoms with Crippen LogP contribution in [0.1, 0.15) is 21.7 Å². The monoisotopic (exact) mass is 241 g/mol. The Balaban J connectivity index is 2.07. The van der Waals surface area contributed by atoms with Crippen molar-refractivity contribution in [1.82, 2.24) is 14.9 Å². The Morgan fingerprint density at radius 2 is 1.89 bits per heavy atom. The lowest BCUT2D eigenvalue weighted by molar-refractivity contribution is 0.0779. The number of carbonyl (C=O) groups is 1. The zero-order valence-electron chi connectivity index (χ0n) is 10.5. The van der Waals surface area contributed by atoms with Gasteiger partial charge in [0, 0.05) is 19.8 Å². The normalized spacial score (nSPS) is 10.1. The molecular weight excluding hydrogens is 226 g/mol. The van der Waals surface area contributed by atoms with Gasteiger partial charge in [0.05, 0.1) is 11.9 Å². The van der Waals surface area contributed by atoms with Crippen molar-refractivity contribution in [3.8, 4) is 0 Å². The van der Waals surface area contributed by atoms with Crippen molar-refractivity contribution >= 4 is 5.91 Å². The second kappa shape index (κ2) is 5.40. The van der Waals surface area contributed by atoms with Crippen LogP contribution >= 0.6 is 0 Å². The molecule has 2 rings (SSSR count). The number of benzene rings is 1. The minimum Gasteiger partial charge on any atom is -0.336 e. The van der Waals surface area contributed by atoms with E-state index in [1.807, 2.05) is 37.3 Å². The molecule has 1 amide bonds. The summed E-state index contributed by atoms with van der Waals surface area (Å²) >= 11 is 0. The Morgan fingerprint density at radius 1 is 1.17 bits per heavy atom. The van der Waals surface area contributed by atoms with Crippen LogP contribution in [-0.2, 0) is 6.54 Å². The molecule has 4 heteroatoms. The highest BCUT2D eigenvalue weighted by Crippen LogP contribution is 2.06. The lowest BCUT2D eigenvalue weighted by Crippen LogP contribution is -2.27. The van der Waals surface area contributed by atoms with Crippen molar-refractivity contribution in [3.63, 3.8) is 0 Å². The van der Waals surface area contributed by atoms with Gasteiger partial charge in [0.2, 0.25) is 0 Å². The predicted octanol–water partition coefficient (Wildman–Crippen LogP) is 2.06. The molecular formula is C14H15N3O. The molecule has 0 aliphatic rings. The molecule has 4 nitrogen and oxygen atoms in total. The highest BCUT2D eigenvalue weighted by atomic mass is 16.2. The van der Waals surface area contributed by atoms with Gasteiger partial charge in [-0.2, -0.15) is 0 Å². The van der Waals surface area contributed by atoms with Crippen molar-refractivity contribution in [3.05, 3.63) is 59.7 Å². The average Bonchev–Trinajstić information content (AvgIpc) is 2.40. The third-order valence-corrected chi connectivity index (χ3v) is 2.61. The molecule has 1 heterocycles. The van der Waals surface area contributed by atoms with Crippen LogP contribution in [0.3, 0.4) is 0 Å². The van der Waals surface area contributed by atoms with E-state index < -0.39 is 0 Å². The molecule has 0 spiro atoms. The number of aromatic nitrogens is 2. The van der Waals surface area contributed by atoms with Gasteiger partial charge >= 0.3 is 0 Å². The third kappa shape index (κ3) is 2.91. The van der Waals surface area contributed by atoms with E-state index in [0.717, 1.165) is 11.3 Å². The molecule has 0 aliphatic carbocycles. The topological polar surface area (TPSA) is 46.1 Å². The fourth-order valence-corrected chi connectivity index (χ4v) is 1.63. The standard InChI is InChI=1S/C14H15N3O/c1-11-8-16-13(9-15-11)14(18)17(2)10-12-6-4-3-5-7-12/h3-9H,10H2,1-2H3. The smallest absolute Gasteiger partial charge is 0.274 e. The van der Waals surface area contributed by atoms with E-state index in [-0.39, 0.29) is 5.91 Å². The number of nitrogens with zero attached hydrogens (tertiary/aromatic N) is 3. The van der Waals surface area contributed by atoms with Crippen LogP contribution in [0.2, 0.25) is 0 Å². The fraction of sp³-hybridized carbons (Fsp3) is 0.214.